The van der Waals surface area contributed by atoms with E-state index in [9.17, 15) is 4.79 Å². The lowest BCUT2D eigenvalue weighted by Crippen LogP contribution is -2.30. The molecule has 0 atom stereocenters. The van der Waals surface area contributed by atoms with Gasteiger partial charge in [0, 0.05) is 29.9 Å². The summed E-state index contributed by atoms with van der Waals surface area (Å²) in [4.78, 5) is 16.5. The molecule has 1 aromatic heterocycles. The molecule has 7 nitrogen and oxygen atoms in total. The number of carbonyl (C=O) groups excluding carboxylic acids is 1. The van der Waals surface area contributed by atoms with E-state index in [1.165, 1.54) is 0 Å². The van der Waals surface area contributed by atoms with E-state index < -0.39 is 0 Å². The smallest absolute Gasteiger partial charge is 0.319 e. The molecule has 0 aliphatic rings. The molecule has 170 valence electrons. The Labute approximate surface area is 189 Å². The maximum absolute atomic E-state index is 12.1. The van der Waals surface area contributed by atoms with Gasteiger partial charge in [0.25, 0.3) is 0 Å². The number of urea groups is 1. The average Bonchev–Trinajstić information content (AvgIpc) is 2.76. The van der Waals surface area contributed by atoms with Gasteiger partial charge in [0.1, 0.15) is 11.5 Å². The zero-order valence-corrected chi connectivity index (χ0v) is 19.3. The van der Waals surface area contributed by atoms with E-state index in [1.807, 2.05) is 24.3 Å². The van der Waals surface area contributed by atoms with Gasteiger partial charge in [-0.1, -0.05) is 20.8 Å². The first kappa shape index (κ1) is 23.2. The van der Waals surface area contributed by atoms with Gasteiger partial charge >= 0.3 is 6.03 Å². The van der Waals surface area contributed by atoms with E-state index in [-0.39, 0.29) is 11.4 Å². The van der Waals surface area contributed by atoms with Crippen molar-refractivity contribution in [3.8, 4) is 23.0 Å². The minimum Gasteiger partial charge on any atom is -0.493 e. The van der Waals surface area contributed by atoms with E-state index in [2.05, 4.69) is 36.4 Å². The van der Waals surface area contributed by atoms with Crippen LogP contribution >= 0.6 is 0 Å². The van der Waals surface area contributed by atoms with Crippen LogP contribution in [-0.2, 0) is 0 Å². The largest absolute Gasteiger partial charge is 0.493 e. The second-order valence-electron chi connectivity index (χ2n) is 8.70. The number of carbonyl (C=O) groups is 1. The van der Waals surface area contributed by atoms with Gasteiger partial charge in [-0.15, -0.1) is 0 Å². The van der Waals surface area contributed by atoms with Crippen LogP contribution in [0, 0.1) is 5.41 Å². The summed E-state index contributed by atoms with van der Waals surface area (Å²) in [6.07, 6.45) is 3.69. The van der Waals surface area contributed by atoms with Gasteiger partial charge in [0.2, 0.25) is 0 Å². The SMILES string of the molecule is COc1cc2nccc(Oc3ccc(NC(=O)NCCCC(C)(C)C)cc3)c2cc1OC. The van der Waals surface area contributed by atoms with Crippen molar-refractivity contribution in [2.24, 2.45) is 5.41 Å². The monoisotopic (exact) mass is 437 g/mol. The molecule has 3 aromatic rings. The number of hydrogen-bond acceptors (Lipinski definition) is 5. The summed E-state index contributed by atoms with van der Waals surface area (Å²) in [6.45, 7) is 7.23. The third-order valence-corrected chi connectivity index (χ3v) is 4.94. The van der Waals surface area contributed by atoms with Crippen LogP contribution in [0.3, 0.4) is 0 Å². The summed E-state index contributed by atoms with van der Waals surface area (Å²) >= 11 is 0. The molecular weight excluding hydrogens is 406 g/mol. The Bertz CT molecular complexity index is 1060. The Balaban J connectivity index is 1.63. The number of anilines is 1. The van der Waals surface area contributed by atoms with E-state index in [1.54, 1.807) is 38.6 Å². The molecule has 0 aliphatic heterocycles. The molecule has 0 aliphatic carbocycles. The van der Waals surface area contributed by atoms with Crippen LogP contribution in [0.4, 0.5) is 10.5 Å². The molecule has 3 rings (SSSR count). The number of benzene rings is 2. The molecular formula is C25H31N3O4. The second kappa shape index (κ2) is 10.2. The lowest BCUT2D eigenvalue weighted by Gasteiger charge is -2.17. The van der Waals surface area contributed by atoms with Gasteiger partial charge < -0.3 is 24.8 Å². The maximum atomic E-state index is 12.1. The number of ether oxygens (including phenoxy) is 3. The Morgan fingerprint density at radius 1 is 0.969 bits per heavy atom. The summed E-state index contributed by atoms with van der Waals surface area (Å²) in [5, 5.41) is 6.54. The molecule has 0 unspecified atom stereocenters. The van der Waals surface area contributed by atoms with Gasteiger partial charge in [0.15, 0.2) is 11.5 Å². The fourth-order valence-electron chi connectivity index (χ4n) is 3.27. The van der Waals surface area contributed by atoms with Crippen molar-refractivity contribution in [3.63, 3.8) is 0 Å². The molecule has 0 spiro atoms. The first-order chi connectivity index (χ1) is 15.3. The molecule has 7 heteroatoms. The molecule has 1 heterocycles. The molecule has 0 saturated carbocycles. The van der Waals surface area contributed by atoms with Crippen molar-refractivity contribution in [2.45, 2.75) is 33.6 Å². The van der Waals surface area contributed by atoms with Gasteiger partial charge in [-0.2, -0.15) is 0 Å². The second-order valence-corrected chi connectivity index (χ2v) is 8.70. The molecule has 0 saturated heterocycles. The van der Waals surface area contributed by atoms with Gasteiger partial charge in [0.05, 0.1) is 19.7 Å². The van der Waals surface area contributed by atoms with Crippen LogP contribution in [0.5, 0.6) is 23.0 Å². The Morgan fingerprint density at radius 3 is 2.31 bits per heavy atom. The number of aromatic nitrogens is 1. The zero-order valence-electron chi connectivity index (χ0n) is 19.3. The number of fused-ring (bicyclic) bond motifs is 1. The van der Waals surface area contributed by atoms with Crippen molar-refractivity contribution >= 4 is 22.6 Å². The lowest BCUT2D eigenvalue weighted by molar-refractivity contribution is 0.251. The minimum atomic E-state index is -0.214. The molecule has 0 radical (unpaired) electrons. The Kier molecular flexibility index (Phi) is 7.41. The highest BCUT2D eigenvalue weighted by Gasteiger charge is 2.12. The van der Waals surface area contributed by atoms with Crippen LogP contribution in [0.15, 0.2) is 48.7 Å². The quantitative estimate of drug-likeness (QED) is 0.423. The van der Waals surface area contributed by atoms with Crippen molar-refractivity contribution in [1.29, 1.82) is 0 Å². The van der Waals surface area contributed by atoms with Crippen molar-refractivity contribution in [2.75, 3.05) is 26.1 Å². The van der Waals surface area contributed by atoms with E-state index >= 15 is 0 Å². The van der Waals surface area contributed by atoms with E-state index in [4.69, 9.17) is 14.2 Å². The van der Waals surface area contributed by atoms with Crippen molar-refractivity contribution in [1.82, 2.24) is 10.3 Å². The standard InChI is InChI=1S/C25H31N3O4/c1-25(2,3)12-6-13-27-24(29)28-17-7-9-18(10-8-17)32-21-11-14-26-20-16-23(31-5)22(30-4)15-19(20)21/h7-11,14-16H,6,12-13H2,1-5H3,(H2,27,28,29). The first-order valence-electron chi connectivity index (χ1n) is 10.6. The number of nitrogens with one attached hydrogen (secondary N) is 2. The molecule has 2 amide bonds. The third-order valence-electron chi connectivity index (χ3n) is 4.94. The predicted molar refractivity (Wildman–Crippen MR) is 127 cm³/mol. The number of hydrogen-bond donors (Lipinski definition) is 2. The first-order valence-corrected chi connectivity index (χ1v) is 10.6. The number of pyridine rings is 1. The normalized spacial score (nSPS) is 11.2. The Hall–Kier alpha value is -3.48. The topological polar surface area (TPSA) is 81.7 Å². The van der Waals surface area contributed by atoms with Crippen molar-refractivity contribution in [3.05, 3.63) is 48.7 Å². The molecule has 32 heavy (non-hydrogen) atoms. The zero-order chi connectivity index (χ0) is 23.1. The van der Waals surface area contributed by atoms with Crippen LogP contribution in [0.1, 0.15) is 33.6 Å². The Morgan fingerprint density at radius 2 is 1.66 bits per heavy atom. The predicted octanol–water partition coefficient (Wildman–Crippen LogP) is 5.99. The van der Waals surface area contributed by atoms with Crippen LogP contribution < -0.4 is 24.8 Å². The van der Waals surface area contributed by atoms with E-state index in [0.717, 1.165) is 23.7 Å². The summed E-state index contributed by atoms with van der Waals surface area (Å²) in [7, 11) is 3.18. The summed E-state index contributed by atoms with van der Waals surface area (Å²) < 4.78 is 16.8. The summed E-state index contributed by atoms with van der Waals surface area (Å²) in [5.74, 6) is 2.50. The highest BCUT2D eigenvalue weighted by molar-refractivity contribution is 5.89. The van der Waals surface area contributed by atoms with E-state index in [0.29, 0.717) is 35.2 Å². The van der Waals surface area contributed by atoms with Gasteiger partial charge in [-0.3, -0.25) is 4.98 Å². The number of methoxy groups -OCH3 is 2. The summed E-state index contributed by atoms with van der Waals surface area (Å²) in [6, 6.07) is 12.5. The number of amides is 2. The summed E-state index contributed by atoms with van der Waals surface area (Å²) in [5.41, 5.74) is 1.70. The van der Waals surface area contributed by atoms with Crippen LogP contribution in [0.2, 0.25) is 0 Å². The molecule has 0 bridgehead atoms. The highest BCUT2D eigenvalue weighted by Crippen LogP contribution is 2.36. The van der Waals surface area contributed by atoms with Gasteiger partial charge in [-0.25, -0.2) is 4.79 Å². The third kappa shape index (κ3) is 6.26. The lowest BCUT2D eigenvalue weighted by atomic mass is 9.91. The molecule has 2 aromatic carbocycles. The maximum Gasteiger partial charge on any atom is 0.319 e. The number of nitrogens with zero attached hydrogens (tertiary/aromatic N) is 1. The molecule has 2 N–H and O–H groups in total. The van der Waals surface area contributed by atoms with Crippen LogP contribution in [-0.4, -0.2) is 31.8 Å². The fraction of sp³-hybridized carbons (Fsp3) is 0.360. The van der Waals surface area contributed by atoms with Gasteiger partial charge in [-0.05, 0) is 54.7 Å². The van der Waals surface area contributed by atoms with Crippen LogP contribution in [0.25, 0.3) is 10.9 Å². The number of rotatable bonds is 8. The molecule has 0 fully saturated rings. The average molecular weight is 438 g/mol. The fourth-order valence-corrected chi connectivity index (χ4v) is 3.27. The van der Waals surface area contributed by atoms with Crippen molar-refractivity contribution < 1.29 is 19.0 Å². The minimum absolute atomic E-state index is 0.214. The highest BCUT2D eigenvalue weighted by atomic mass is 16.5.